The number of carboxylic acids is 1. The first-order valence-electron chi connectivity index (χ1n) is 21.3. The van der Waals surface area contributed by atoms with Gasteiger partial charge in [-0.25, -0.2) is 0 Å². The number of phenols is 1. The van der Waals surface area contributed by atoms with Gasteiger partial charge in [0.05, 0.1) is 12.6 Å². The van der Waals surface area contributed by atoms with Crippen LogP contribution < -0.4 is 37.6 Å². The molecular weight excluding hydrogens is 807 g/mol. The second-order valence-electron chi connectivity index (χ2n) is 16.8. The molecule has 2 heterocycles. The minimum absolute atomic E-state index is 0.00247. The molecule has 0 radical (unpaired) electrons. The highest BCUT2D eigenvalue weighted by Gasteiger charge is 2.40. The Balaban J connectivity index is 1.66. The van der Waals surface area contributed by atoms with Crippen LogP contribution in [0.25, 0.3) is 0 Å². The van der Waals surface area contributed by atoms with Crippen LogP contribution in [0.15, 0.2) is 24.3 Å². The highest BCUT2D eigenvalue weighted by molar-refractivity contribution is 5.97. The van der Waals surface area contributed by atoms with Gasteiger partial charge in [-0.2, -0.15) is 0 Å². The van der Waals surface area contributed by atoms with Crippen molar-refractivity contribution in [3.8, 4) is 5.75 Å². The molecule has 0 spiro atoms. The summed E-state index contributed by atoms with van der Waals surface area (Å²) in [5.41, 5.74) is 6.82. The zero-order valence-corrected chi connectivity index (χ0v) is 36.7. The van der Waals surface area contributed by atoms with Gasteiger partial charge >= 0.3 is 5.97 Å². The Morgan fingerprint density at radius 1 is 0.694 bits per heavy atom. The molecule has 0 aliphatic carbocycles. The van der Waals surface area contributed by atoms with E-state index in [-0.39, 0.29) is 30.5 Å². The van der Waals surface area contributed by atoms with E-state index in [1.165, 1.54) is 28.9 Å². The van der Waals surface area contributed by atoms with Gasteiger partial charge in [-0.3, -0.25) is 43.2 Å². The summed E-state index contributed by atoms with van der Waals surface area (Å²) in [6.45, 7) is 11.3. The van der Waals surface area contributed by atoms with Gasteiger partial charge in [-0.15, -0.1) is 0 Å². The van der Waals surface area contributed by atoms with Crippen LogP contribution in [0.5, 0.6) is 5.75 Å². The van der Waals surface area contributed by atoms with Crippen molar-refractivity contribution >= 4 is 53.2 Å². The summed E-state index contributed by atoms with van der Waals surface area (Å²) in [5, 5.41) is 34.1. The Morgan fingerprint density at radius 3 is 1.79 bits per heavy atom. The number of carbonyl (C=O) groups excluding carboxylic acids is 8. The van der Waals surface area contributed by atoms with E-state index in [4.69, 9.17) is 10.8 Å². The predicted octanol–water partition coefficient (Wildman–Crippen LogP) is -1.12. The number of carbonyl (C=O) groups is 9. The summed E-state index contributed by atoms with van der Waals surface area (Å²) in [4.78, 5) is 120. The van der Waals surface area contributed by atoms with Gasteiger partial charge in [0.1, 0.15) is 48.5 Å². The molecule has 62 heavy (non-hydrogen) atoms. The second kappa shape index (κ2) is 23.4. The summed E-state index contributed by atoms with van der Waals surface area (Å²) in [6, 6.07) is -1.14. The van der Waals surface area contributed by atoms with Crippen LogP contribution in [0.3, 0.4) is 0 Å². The zero-order valence-electron chi connectivity index (χ0n) is 36.7. The van der Waals surface area contributed by atoms with Gasteiger partial charge in [0.25, 0.3) is 0 Å². The number of likely N-dealkylation sites (tertiary alicyclic amines) is 2. The molecule has 3 rings (SSSR count). The number of aliphatic carboxylic acids is 1. The van der Waals surface area contributed by atoms with E-state index in [2.05, 4.69) is 31.9 Å². The number of benzene rings is 1. The van der Waals surface area contributed by atoms with E-state index in [1.54, 1.807) is 39.8 Å². The molecule has 0 bridgehead atoms. The predicted molar refractivity (Wildman–Crippen MR) is 225 cm³/mol. The highest BCUT2D eigenvalue weighted by atomic mass is 16.4. The summed E-state index contributed by atoms with van der Waals surface area (Å²) < 4.78 is 0. The fraction of sp³-hybridized carbons (Fsp3) is 0.643. The lowest BCUT2D eigenvalue weighted by molar-refractivity contribution is -0.142. The van der Waals surface area contributed by atoms with Crippen LogP contribution in [0.1, 0.15) is 86.1 Å². The molecule has 2 fully saturated rings. The molecule has 344 valence electrons. The fourth-order valence-corrected chi connectivity index (χ4v) is 7.36. The molecule has 10 N–H and O–H groups in total. The van der Waals surface area contributed by atoms with Crippen LogP contribution in [0.4, 0.5) is 0 Å². The first-order chi connectivity index (χ1) is 29.2. The number of nitrogens with one attached hydrogen (secondary N) is 6. The van der Waals surface area contributed by atoms with Crippen molar-refractivity contribution in [2.45, 2.75) is 129 Å². The molecular formula is C42H65N9O11. The third-order valence-electron chi connectivity index (χ3n) is 11.3. The van der Waals surface area contributed by atoms with E-state index in [0.717, 1.165) is 0 Å². The van der Waals surface area contributed by atoms with E-state index < -0.39 is 115 Å². The summed E-state index contributed by atoms with van der Waals surface area (Å²) in [6.07, 6.45) is 2.40. The molecule has 0 saturated carbocycles. The maximum absolute atomic E-state index is 13.9. The minimum Gasteiger partial charge on any atom is -0.508 e. The maximum atomic E-state index is 13.9. The Hall–Kier alpha value is -5.79. The largest absolute Gasteiger partial charge is 0.508 e. The van der Waals surface area contributed by atoms with Gasteiger partial charge < -0.3 is 57.6 Å². The molecule has 2 saturated heterocycles. The van der Waals surface area contributed by atoms with Crippen molar-refractivity contribution in [3.63, 3.8) is 0 Å². The van der Waals surface area contributed by atoms with E-state index in [9.17, 15) is 48.3 Å². The normalized spacial score (nSPS) is 19.1. The Kier molecular flexibility index (Phi) is 19.1. The number of hydrogen-bond donors (Lipinski definition) is 9. The topological polar surface area (TPSA) is 299 Å². The number of amides is 8. The molecule has 1 aromatic rings. The number of phenolic OH excluding ortho intramolecular Hbond substituents is 1. The lowest BCUT2D eigenvalue weighted by Crippen LogP contribution is -2.59. The third kappa shape index (κ3) is 14.1. The Labute approximate surface area is 362 Å². The van der Waals surface area contributed by atoms with Crippen molar-refractivity contribution in [2.24, 2.45) is 23.5 Å². The number of aromatic hydroxyl groups is 1. The number of rotatable bonds is 21. The fourth-order valence-electron chi connectivity index (χ4n) is 7.36. The number of carboxylic acid groups (broad SMARTS) is 1. The van der Waals surface area contributed by atoms with E-state index >= 15 is 0 Å². The standard InChI is InChI=1S/C42H65N9O11/c1-8-24(6)33(43)42(62)51-18-10-12-30(51)38(58)47-28(19-26-13-15-27(52)16-14-26)36(56)49-34(22(2)3)39(59)44-20-31(53)48-35(23(4)5)40(60)46-25(7)41(61)50-17-9-11-29(50)37(57)45-21-32(54)55/h13-16,22-25,28-30,33-35,52H,8-12,17-21,43H2,1-7H3,(H,44,59)(H,45,57)(H,46,60)(H,47,58)(H,48,53)(H,49,56)(H,54,55)/t24-,25-,28-,29-,30-,33-,34-,35-/m0/s1. The van der Waals surface area contributed by atoms with Gasteiger partial charge in [0, 0.05) is 19.5 Å². The molecule has 0 aromatic heterocycles. The van der Waals surface area contributed by atoms with Crippen LogP contribution in [0.2, 0.25) is 0 Å². The van der Waals surface area contributed by atoms with Crippen LogP contribution in [0, 0.1) is 17.8 Å². The van der Waals surface area contributed by atoms with Gasteiger partial charge in [0.15, 0.2) is 0 Å². The molecule has 2 aliphatic rings. The average Bonchev–Trinajstić information content (AvgIpc) is 3.93. The molecule has 20 heteroatoms. The monoisotopic (exact) mass is 871 g/mol. The van der Waals surface area contributed by atoms with Crippen LogP contribution in [-0.4, -0.2) is 142 Å². The van der Waals surface area contributed by atoms with Crippen molar-refractivity contribution < 1.29 is 53.4 Å². The molecule has 0 unspecified atom stereocenters. The first-order valence-corrected chi connectivity index (χ1v) is 21.3. The van der Waals surface area contributed by atoms with Crippen LogP contribution in [-0.2, 0) is 49.6 Å². The van der Waals surface area contributed by atoms with Gasteiger partial charge in [-0.1, -0.05) is 60.1 Å². The van der Waals surface area contributed by atoms with Gasteiger partial charge in [-0.05, 0) is 68.1 Å². The maximum Gasteiger partial charge on any atom is 0.322 e. The Morgan fingerprint density at radius 2 is 1.24 bits per heavy atom. The molecule has 2 aliphatic heterocycles. The third-order valence-corrected chi connectivity index (χ3v) is 11.3. The smallest absolute Gasteiger partial charge is 0.322 e. The van der Waals surface area contributed by atoms with Crippen molar-refractivity contribution in [1.29, 1.82) is 0 Å². The summed E-state index contributed by atoms with van der Waals surface area (Å²) in [5.74, 6) is -7.25. The van der Waals surface area contributed by atoms with E-state index in [1.807, 2.05) is 13.8 Å². The highest BCUT2D eigenvalue weighted by Crippen LogP contribution is 2.22. The van der Waals surface area contributed by atoms with Crippen molar-refractivity contribution in [3.05, 3.63) is 29.8 Å². The van der Waals surface area contributed by atoms with E-state index in [0.29, 0.717) is 44.2 Å². The first kappa shape index (κ1) is 50.6. The van der Waals surface area contributed by atoms with Crippen molar-refractivity contribution in [1.82, 2.24) is 41.7 Å². The molecule has 20 nitrogen and oxygen atoms in total. The molecule has 8 atom stereocenters. The van der Waals surface area contributed by atoms with Gasteiger partial charge in [0.2, 0.25) is 47.3 Å². The quantitative estimate of drug-likeness (QED) is 0.0710. The SMILES string of the molecule is CC[C@H](C)[C@H](N)C(=O)N1CCC[C@H]1C(=O)N[C@@H](Cc1ccc(O)cc1)C(=O)N[C@H](C(=O)NCC(=O)N[C@H](C(=O)N[C@@H](C)C(=O)N1CCC[C@H]1C(=O)NCC(=O)O)C(C)C)C(C)C. The average molecular weight is 872 g/mol. The minimum atomic E-state index is -1.23. The molecule has 8 amide bonds. The summed E-state index contributed by atoms with van der Waals surface area (Å²) in [7, 11) is 0. The lowest BCUT2D eigenvalue weighted by Gasteiger charge is -2.30. The Bertz CT molecular complexity index is 1790. The van der Waals surface area contributed by atoms with Crippen molar-refractivity contribution in [2.75, 3.05) is 26.2 Å². The van der Waals surface area contributed by atoms with Crippen LogP contribution >= 0.6 is 0 Å². The number of nitrogens with zero attached hydrogens (tertiary/aromatic N) is 2. The second-order valence-corrected chi connectivity index (χ2v) is 16.8. The number of hydrogen-bond acceptors (Lipinski definition) is 11. The zero-order chi connectivity index (χ0) is 46.4. The molecule has 1 aromatic carbocycles. The lowest BCUT2D eigenvalue weighted by atomic mass is 9.98. The summed E-state index contributed by atoms with van der Waals surface area (Å²) >= 11 is 0. The number of nitrogens with two attached hydrogens (primary N) is 1.